The summed E-state index contributed by atoms with van der Waals surface area (Å²) >= 11 is 0. The van der Waals surface area contributed by atoms with E-state index in [4.69, 9.17) is 14.2 Å². The first-order valence-electron chi connectivity index (χ1n) is 8.99. The van der Waals surface area contributed by atoms with Crippen LogP contribution in [-0.4, -0.2) is 32.2 Å². The second-order valence-electron chi connectivity index (χ2n) is 6.12. The predicted molar refractivity (Wildman–Crippen MR) is 112 cm³/mol. The van der Waals surface area contributed by atoms with Crippen LogP contribution in [0.3, 0.4) is 0 Å². The summed E-state index contributed by atoms with van der Waals surface area (Å²) in [5, 5.41) is 6.06. The number of nitrogens with one attached hydrogen (secondary N) is 2. The van der Waals surface area contributed by atoms with E-state index in [2.05, 4.69) is 15.6 Å². The number of pyridine rings is 1. The van der Waals surface area contributed by atoms with Crippen molar-refractivity contribution in [1.82, 2.24) is 4.98 Å². The van der Waals surface area contributed by atoms with Crippen molar-refractivity contribution in [2.75, 3.05) is 32.0 Å². The molecule has 2 N–H and O–H groups in total. The SMILES string of the molecule is COc1ccccc1CNc1ccc(NC(=O)c2ccc(OC)c(OC)c2)cn1. The van der Waals surface area contributed by atoms with E-state index in [9.17, 15) is 4.79 Å². The highest BCUT2D eigenvalue weighted by atomic mass is 16.5. The lowest BCUT2D eigenvalue weighted by Crippen LogP contribution is -2.12. The van der Waals surface area contributed by atoms with Crippen LogP contribution < -0.4 is 24.8 Å². The molecule has 0 spiro atoms. The molecule has 1 heterocycles. The second kappa shape index (κ2) is 9.45. The van der Waals surface area contributed by atoms with Gasteiger partial charge in [-0.2, -0.15) is 0 Å². The molecule has 0 aliphatic carbocycles. The van der Waals surface area contributed by atoms with E-state index < -0.39 is 0 Å². The molecule has 3 rings (SSSR count). The molecule has 1 amide bonds. The minimum atomic E-state index is -0.262. The fourth-order valence-corrected chi connectivity index (χ4v) is 2.79. The van der Waals surface area contributed by atoms with Crippen molar-refractivity contribution in [1.29, 1.82) is 0 Å². The smallest absolute Gasteiger partial charge is 0.255 e. The van der Waals surface area contributed by atoms with Crippen LogP contribution in [0.4, 0.5) is 11.5 Å². The van der Waals surface area contributed by atoms with Crippen molar-refractivity contribution in [3.05, 3.63) is 71.9 Å². The molecule has 3 aromatic rings. The molecular weight excluding hydrogens is 370 g/mol. The van der Waals surface area contributed by atoms with E-state index in [1.165, 1.54) is 7.11 Å². The highest BCUT2D eigenvalue weighted by Crippen LogP contribution is 2.28. The minimum absolute atomic E-state index is 0.262. The van der Waals surface area contributed by atoms with Gasteiger partial charge in [0.1, 0.15) is 11.6 Å². The normalized spacial score (nSPS) is 10.2. The Balaban J connectivity index is 1.62. The first kappa shape index (κ1) is 20.0. The lowest BCUT2D eigenvalue weighted by molar-refractivity contribution is 0.102. The standard InChI is InChI=1S/C22H23N3O4/c1-27-18-7-5-4-6-16(18)13-23-21-11-9-17(14-24-21)25-22(26)15-8-10-19(28-2)20(12-15)29-3/h4-12,14H,13H2,1-3H3,(H,23,24)(H,25,26). The molecule has 150 valence electrons. The van der Waals surface area contributed by atoms with Crippen LogP contribution >= 0.6 is 0 Å². The molecule has 0 saturated heterocycles. The van der Waals surface area contributed by atoms with Gasteiger partial charge >= 0.3 is 0 Å². The maximum atomic E-state index is 12.5. The maximum absolute atomic E-state index is 12.5. The molecule has 0 fully saturated rings. The summed E-state index contributed by atoms with van der Waals surface area (Å²) in [5.74, 6) is 2.31. The highest BCUT2D eigenvalue weighted by molar-refractivity contribution is 6.04. The zero-order valence-corrected chi connectivity index (χ0v) is 16.6. The Morgan fingerprint density at radius 1 is 0.897 bits per heavy atom. The zero-order valence-electron chi connectivity index (χ0n) is 16.6. The third kappa shape index (κ3) is 4.95. The van der Waals surface area contributed by atoms with Gasteiger partial charge in [-0.25, -0.2) is 4.98 Å². The Bertz CT molecular complexity index is 974. The summed E-state index contributed by atoms with van der Waals surface area (Å²) in [6.45, 7) is 0.578. The molecule has 0 saturated carbocycles. The number of amides is 1. The van der Waals surface area contributed by atoms with E-state index >= 15 is 0 Å². The monoisotopic (exact) mass is 393 g/mol. The maximum Gasteiger partial charge on any atom is 0.255 e. The van der Waals surface area contributed by atoms with Gasteiger partial charge in [0.2, 0.25) is 0 Å². The number of rotatable bonds is 8. The molecule has 0 bridgehead atoms. The molecule has 1 aromatic heterocycles. The predicted octanol–water partition coefficient (Wildman–Crippen LogP) is 3.97. The number of methoxy groups -OCH3 is 3. The number of para-hydroxylation sites is 1. The van der Waals surface area contributed by atoms with E-state index in [1.54, 1.807) is 50.7 Å². The molecule has 0 atom stereocenters. The molecule has 0 aliphatic heterocycles. The number of aromatic nitrogens is 1. The summed E-state index contributed by atoms with van der Waals surface area (Å²) in [6.07, 6.45) is 1.60. The first-order chi connectivity index (χ1) is 14.1. The summed E-state index contributed by atoms with van der Waals surface area (Å²) < 4.78 is 15.8. The largest absolute Gasteiger partial charge is 0.496 e. The number of carbonyl (C=O) groups is 1. The van der Waals surface area contributed by atoms with Gasteiger partial charge in [0.25, 0.3) is 5.91 Å². The fraction of sp³-hybridized carbons (Fsp3) is 0.182. The number of carbonyl (C=O) groups excluding carboxylic acids is 1. The quantitative estimate of drug-likeness (QED) is 0.603. The van der Waals surface area contributed by atoms with Gasteiger partial charge in [0.15, 0.2) is 11.5 Å². The van der Waals surface area contributed by atoms with Crippen molar-refractivity contribution in [3.8, 4) is 17.2 Å². The highest BCUT2D eigenvalue weighted by Gasteiger charge is 2.11. The van der Waals surface area contributed by atoms with Crippen molar-refractivity contribution < 1.29 is 19.0 Å². The van der Waals surface area contributed by atoms with Crippen molar-refractivity contribution in [2.45, 2.75) is 6.54 Å². The zero-order chi connectivity index (χ0) is 20.6. The Morgan fingerprint density at radius 3 is 2.34 bits per heavy atom. The second-order valence-corrected chi connectivity index (χ2v) is 6.12. The Morgan fingerprint density at radius 2 is 1.66 bits per heavy atom. The first-order valence-corrected chi connectivity index (χ1v) is 8.99. The van der Waals surface area contributed by atoms with Gasteiger partial charge in [-0.3, -0.25) is 4.79 Å². The molecule has 0 radical (unpaired) electrons. The number of anilines is 2. The van der Waals surface area contributed by atoms with Gasteiger partial charge in [-0.05, 0) is 36.4 Å². The number of hydrogen-bond donors (Lipinski definition) is 2. The van der Waals surface area contributed by atoms with E-state index in [0.717, 1.165) is 11.3 Å². The van der Waals surface area contributed by atoms with Gasteiger partial charge in [0.05, 0.1) is 33.2 Å². The van der Waals surface area contributed by atoms with E-state index in [1.807, 2.05) is 24.3 Å². The minimum Gasteiger partial charge on any atom is -0.496 e. The Hall–Kier alpha value is -3.74. The lowest BCUT2D eigenvalue weighted by Gasteiger charge is -2.11. The lowest BCUT2D eigenvalue weighted by atomic mass is 10.2. The summed E-state index contributed by atoms with van der Waals surface area (Å²) in [5.41, 5.74) is 2.08. The third-order valence-electron chi connectivity index (χ3n) is 4.32. The van der Waals surface area contributed by atoms with E-state index in [0.29, 0.717) is 35.1 Å². The molecule has 7 nitrogen and oxygen atoms in total. The topological polar surface area (TPSA) is 81.7 Å². The van der Waals surface area contributed by atoms with Crippen LogP contribution in [0.2, 0.25) is 0 Å². The average molecular weight is 393 g/mol. The molecule has 0 aliphatic rings. The Kier molecular flexibility index (Phi) is 6.52. The van der Waals surface area contributed by atoms with Crippen molar-refractivity contribution in [2.24, 2.45) is 0 Å². The fourth-order valence-electron chi connectivity index (χ4n) is 2.79. The molecule has 0 unspecified atom stereocenters. The van der Waals surface area contributed by atoms with Gasteiger partial charge in [-0.1, -0.05) is 18.2 Å². The number of nitrogens with zero attached hydrogens (tertiary/aromatic N) is 1. The van der Waals surface area contributed by atoms with Crippen LogP contribution in [0.15, 0.2) is 60.8 Å². The van der Waals surface area contributed by atoms with Crippen LogP contribution in [-0.2, 0) is 6.54 Å². The van der Waals surface area contributed by atoms with Crippen LogP contribution in [0.1, 0.15) is 15.9 Å². The van der Waals surface area contributed by atoms with Crippen LogP contribution in [0, 0.1) is 0 Å². The van der Waals surface area contributed by atoms with Crippen molar-refractivity contribution >= 4 is 17.4 Å². The summed E-state index contributed by atoms with van der Waals surface area (Å²) in [6, 6.07) is 16.4. The van der Waals surface area contributed by atoms with Gasteiger partial charge in [0, 0.05) is 17.7 Å². The number of ether oxygens (including phenoxy) is 3. The third-order valence-corrected chi connectivity index (χ3v) is 4.32. The van der Waals surface area contributed by atoms with Crippen LogP contribution in [0.5, 0.6) is 17.2 Å². The Labute approximate surface area is 169 Å². The molecule has 29 heavy (non-hydrogen) atoms. The van der Waals surface area contributed by atoms with E-state index in [-0.39, 0.29) is 5.91 Å². The number of benzene rings is 2. The van der Waals surface area contributed by atoms with Crippen molar-refractivity contribution in [3.63, 3.8) is 0 Å². The molecule has 2 aromatic carbocycles. The number of hydrogen-bond acceptors (Lipinski definition) is 6. The molecule has 7 heteroatoms. The molecular formula is C22H23N3O4. The van der Waals surface area contributed by atoms with Crippen LogP contribution in [0.25, 0.3) is 0 Å². The summed E-state index contributed by atoms with van der Waals surface area (Å²) in [7, 11) is 4.72. The van der Waals surface area contributed by atoms with Gasteiger partial charge in [-0.15, -0.1) is 0 Å². The average Bonchev–Trinajstić information content (AvgIpc) is 2.78. The summed E-state index contributed by atoms with van der Waals surface area (Å²) in [4.78, 5) is 16.8. The van der Waals surface area contributed by atoms with Gasteiger partial charge < -0.3 is 24.8 Å².